The average molecular weight is 472 g/mol. The molecule has 33 heavy (non-hydrogen) atoms. The molecule has 0 radical (unpaired) electrons. The van der Waals surface area contributed by atoms with Crippen LogP contribution in [0, 0.1) is 12.7 Å². The number of piperazine rings is 1. The Morgan fingerprint density at radius 3 is 2.58 bits per heavy atom. The van der Waals surface area contributed by atoms with Crippen LogP contribution in [-0.2, 0) is 0 Å². The van der Waals surface area contributed by atoms with Crippen LogP contribution in [-0.4, -0.2) is 66.4 Å². The van der Waals surface area contributed by atoms with Crippen LogP contribution < -0.4 is 10.2 Å². The van der Waals surface area contributed by atoms with Gasteiger partial charge in [0.25, 0.3) is 5.91 Å². The summed E-state index contributed by atoms with van der Waals surface area (Å²) in [5.74, 6) is -0.0752. The highest BCUT2D eigenvalue weighted by Crippen LogP contribution is 2.21. The number of aliphatic hydroxyl groups excluding tert-OH is 1. The van der Waals surface area contributed by atoms with Gasteiger partial charge >= 0.3 is 0 Å². The van der Waals surface area contributed by atoms with Crippen molar-refractivity contribution in [3.05, 3.63) is 76.6 Å². The van der Waals surface area contributed by atoms with E-state index in [0.717, 1.165) is 10.8 Å². The van der Waals surface area contributed by atoms with Gasteiger partial charge < -0.3 is 9.84 Å². The number of benzene rings is 3. The number of amides is 1. The summed E-state index contributed by atoms with van der Waals surface area (Å²) in [4.78, 5) is 14.8. The molecular formula is C25H27ClFN3O3. The molecule has 0 aromatic heterocycles. The van der Waals surface area contributed by atoms with Crippen molar-refractivity contribution in [1.29, 1.82) is 0 Å². The number of carbonyl (C=O) groups excluding carboxylic acids is 1. The molecule has 3 aromatic carbocycles. The normalized spacial score (nSPS) is 16.0. The molecule has 1 fully saturated rings. The van der Waals surface area contributed by atoms with E-state index in [9.17, 15) is 14.3 Å². The predicted octanol–water partition coefficient (Wildman–Crippen LogP) is 3.64. The van der Waals surface area contributed by atoms with Gasteiger partial charge in [0.2, 0.25) is 0 Å². The molecule has 1 aliphatic heterocycles. The first kappa shape index (κ1) is 23.4. The van der Waals surface area contributed by atoms with Gasteiger partial charge in [0, 0.05) is 49.4 Å². The minimum atomic E-state index is -0.693. The number of hydrogen-bond acceptors (Lipinski definition) is 5. The average Bonchev–Trinajstić information content (AvgIpc) is 2.80. The monoisotopic (exact) mass is 471 g/mol. The summed E-state index contributed by atoms with van der Waals surface area (Å²) in [7, 11) is 0. The smallest absolute Gasteiger partial charge is 0.265 e. The molecule has 1 atom stereocenters. The molecule has 1 heterocycles. The van der Waals surface area contributed by atoms with Crippen LogP contribution in [0.3, 0.4) is 0 Å². The van der Waals surface area contributed by atoms with E-state index in [-0.39, 0.29) is 18.3 Å². The lowest BCUT2D eigenvalue weighted by atomic mass is 10.1. The number of nitrogens with one attached hydrogen (secondary N) is 1. The number of hydrogen-bond donors (Lipinski definition) is 2. The summed E-state index contributed by atoms with van der Waals surface area (Å²) in [6, 6.07) is 15.8. The van der Waals surface area contributed by atoms with Crippen LogP contribution in [0.2, 0.25) is 5.02 Å². The number of aryl methyl sites for hydroxylation is 1. The largest absolute Gasteiger partial charge is 0.491 e. The van der Waals surface area contributed by atoms with E-state index < -0.39 is 6.10 Å². The molecule has 0 spiro atoms. The van der Waals surface area contributed by atoms with Gasteiger partial charge in [0.15, 0.2) is 0 Å². The molecule has 0 saturated carbocycles. The maximum atomic E-state index is 13.6. The molecular weight excluding hydrogens is 445 g/mol. The molecule has 1 unspecified atom stereocenters. The third-order valence-electron chi connectivity index (χ3n) is 5.75. The first-order valence-corrected chi connectivity index (χ1v) is 11.3. The van der Waals surface area contributed by atoms with Crippen molar-refractivity contribution in [2.45, 2.75) is 13.0 Å². The third kappa shape index (κ3) is 6.21. The highest BCUT2D eigenvalue weighted by Gasteiger charge is 2.21. The molecule has 3 aromatic rings. The van der Waals surface area contributed by atoms with Crippen LogP contribution in [0.25, 0.3) is 10.8 Å². The minimum absolute atomic E-state index is 0.0899. The Labute approximate surface area is 197 Å². The Kier molecular flexibility index (Phi) is 7.45. The predicted molar refractivity (Wildman–Crippen MR) is 127 cm³/mol. The number of β-amino-alcohol motifs (C(OH)–C–C–N with tert-alkyl or cyclic N) is 1. The van der Waals surface area contributed by atoms with E-state index in [4.69, 9.17) is 16.3 Å². The van der Waals surface area contributed by atoms with E-state index in [1.165, 1.54) is 6.07 Å². The minimum Gasteiger partial charge on any atom is -0.491 e. The summed E-state index contributed by atoms with van der Waals surface area (Å²) in [5.41, 5.74) is 4.10. The maximum Gasteiger partial charge on any atom is 0.265 e. The highest BCUT2D eigenvalue weighted by molar-refractivity contribution is 6.31. The zero-order valence-electron chi connectivity index (χ0n) is 18.4. The number of hydrazine groups is 1. The molecule has 1 amide bonds. The molecule has 0 bridgehead atoms. The topological polar surface area (TPSA) is 65.0 Å². The van der Waals surface area contributed by atoms with E-state index in [1.54, 1.807) is 25.1 Å². The SMILES string of the molecule is Cc1ccc(OCC(O)CN2CCN(NC(=O)c3ccc4cc(Cl)ccc4c3)CC2)cc1F. The van der Waals surface area contributed by atoms with Crippen LogP contribution in [0.4, 0.5) is 4.39 Å². The second kappa shape index (κ2) is 10.5. The standard InChI is InChI=1S/C25H27ClFN3O3/c1-17-2-7-23(14-24(17)27)33-16-22(31)15-29-8-10-30(11-9-29)28-25(32)20-4-3-19-13-21(26)6-5-18(19)12-20/h2-7,12-14,22,31H,8-11,15-16H2,1H3,(H,28,32). The third-order valence-corrected chi connectivity index (χ3v) is 5.99. The molecule has 1 saturated heterocycles. The molecule has 6 nitrogen and oxygen atoms in total. The fourth-order valence-corrected chi connectivity index (χ4v) is 4.00. The van der Waals surface area contributed by atoms with Crippen LogP contribution >= 0.6 is 11.6 Å². The van der Waals surface area contributed by atoms with Gasteiger partial charge in [-0.3, -0.25) is 15.1 Å². The Bertz CT molecular complexity index is 1140. The summed E-state index contributed by atoms with van der Waals surface area (Å²) in [6.45, 7) is 4.92. The summed E-state index contributed by atoms with van der Waals surface area (Å²) < 4.78 is 19.1. The van der Waals surface area contributed by atoms with Crippen molar-refractivity contribution < 1.29 is 19.0 Å². The number of halogens is 2. The van der Waals surface area contributed by atoms with E-state index in [0.29, 0.717) is 54.6 Å². The first-order chi connectivity index (χ1) is 15.9. The van der Waals surface area contributed by atoms with Crippen molar-refractivity contribution in [2.24, 2.45) is 0 Å². The Balaban J connectivity index is 1.22. The number of nitrogens with zero attached hydrogens (tertiary/aromatic N) is 2. The van der Waals surface area contributed by atoms with Crippen molar-refractivity contribution >= 4 is 28.3 Å². The number of carbonyl (C=O) groups is 1. The van der Waals surface area contributed by atoms with Crippen molar-refractivity contribution in [3.8, 4) is 5.75 Å². The molecule has 1 aliphatic rings. The Morgan fingerprint density at radius 2 is 1.82 bits per heavy atom. The summed E-state index contributed by atoms with van der Waals surface area (Å²) in [6.07, 6.45) is -0.693. The van der Waals surface area contributed by atoms with Gasteiger partial charge in [-0.05, 0) is 53.6 Å². The molecule has 4 rings (SSSR count). The molecule has 8 heteroatoms. The lowest BCUT2D eigenvalue weighted by Gasteiger charge is -2.35. The van der Waals surface area contributed by atoms with Crippen molar-refractivity contribution in [2.75, 3.05) is 39.3 Å². The first-order valence-electron chi connectivity index (χ1n) is 10.9. The summed E-state index contributed by atoms with van der Waals surface area (Å²) in [5, 5.41) is 14.8. The van der Waals surface area contributed by atoms with Crippen LogP contribution in [0.15, 0.2) is 54.6 Å². The number of fused-ring (bicyclic) bond motifs is 1. The van der Waals surface area contributed by atoms with Crippen LogP contribution in [0.5, 0.6) is 5.75 Å². The lowest BCUT2D eigenvalue weighted by Crippen LogP contribution is -2.54. The van der Waals surface area contributed by atoms with Crippen LogP contribution in [0.1, 0.15) is 15.9 Å². The van der Waals surface area contributed by atoms with Gasteiger partial charge in [-0.15, -0.1) is 0 Å². The maximum absolute atomic E-state index is 13.6. The quantitative estimate of drug-likeness (QED) is 0.550. The zero-order valence-corrected chi connectivity index (χ0v) is 19.2. The van der Waals surface area contributed by atoms with Gasteiger partial charge in [0.1, 0.15) is 24.3 Å². The number of ether oxygens (including phenoxy) is 1. The van der Waals surface area contributed by atoms with Gasteiger partial charge in [-0.1, -0.05) is 29.8 Å². The van der Waals surface area contributed by atoms with Crippen molar-refractivity contribution in [1.82, 2.24) is 15.3 Å². The Morgan fingerprint density at radius 1 is 1.09 bits per heavy atom. The zero-order chi connectivity index (χ0) is 23.4. The van der Waals surface area contributed by atoms with Gasteiger partial charge in [-0.2, -0.15) is 0 Å². The summed E-state index contributed by atoms with van der Waals surface area (Å²) >= 11 is 6.02. The number of aliphatic hydroxyl groups is 1. The Hall–Kier alpha value is -2.71. The highest BCUT2D eigenvalue weighted by atomic mass is 35.5. The van der Waals surface area contributed by atoms with E-state index >= 15 is 0 Å². The van der Waals surface area contributed by atoms with E-state index in [2.05, 4.69) is 10.3 Å². The van der Waals surface area contributed by atoms with Gasteiger partial charge in [0.05, 0.1) is 0 Å². The number of rotatable bonds is 7. The van der Waals surface area contributed by atoms with Crippen molar-refractivity contribution in [3.63, 3.8) is 0 Å². The lowest BCUT2D eigenvalue weighted by molar-refractivity contribution is 0.0316. The molecule has 0 aliphatic carbocycles. The van der Waals surface area contributed by atoms with E-state index in [1.807, 2.05) is 35.3 Å². The second-order valence-corrected chi connectivity index (χ2v) is 8.75. The molecule has 2 N–H and O–H groups in total. The van der Waals surface area contributed by atoms with Gasteiger partial charge in [-0.25, -0.2) is 9.40 Å². The second-order valence-electron chi connectivity index (χ2n) is 8.31. The molecule has 174 valence electrons. The fourth-order valence-electron chi connectivity index (χ4n) is 3.81. The fraction of sp³-hybridized carbons (Fsp3) is 0.320.